The number of nitrogens with zero attached hydrogens (tertiary/aromatic N) is 3. The van der Waals surface area contributed by atoms with Gasteiger partial charge in [0.15, 0.2) is 0 Å². The van der Waals surface area contributed by atoms with Gasteiger partial charge in [-0.25, -0.2) is 4.79 Å². The number of methoxy groups -OCH3 is 2. The van der Waals surface area contributed by atoms with Crippen molar-refractivity contribution < 1.29 is 19.0 Å². The van der Waals surface area contributed by atoms with E-state index >= 15 is 0 Å². The Morgan fingerprint density at radius 2 is 1.85 bits per heavy atom. The molecule has 2 heterocycles. The Kier molecular flexibility index (Phi) is 6.30. The molecule has 1 aliphatic heterocycles. The molecule has 0 aliphatic carbocycles. The molecule has 0 bridgehead atoms. The fraction of sp³-hybridized carbons (Fsp3) is 0.421. The first kappa shape index (κ1) is 18.8. The molecule has 8 nitrogen and oxygen atoms in total. The van der Waals surface area contributed by atoms with Crippen LogP contribution in [0.5, 0.6) is 17.5 Å². The zero-order chi connectivity index (χ0) is 19.1. The van der Waals surface area contributed by atoms with Crippen molar-refractivity contribution in [1.82, 2.24) is 20.4 Å². The molecule has 1 fully saturated rings. The zero-order valence-electron chi connectivity index (χ0n) is 15.6. The first-order valence-electron chi connectivity index (χ1n) is 8.88. The zero-order valence-corrected chi connectivity index (χ0v) is 15.6. The van der Waals surface area contributed by atoms with E-state index in [4.69, 9.17) is 14.2 Å². The molecule has 8 heteroatoms. The molecular weight excluding hydrogens is 348 g/mol. The van der Waals surface area contributed by atoms with Crippen molar-refractivity contribution >= 4 is 6.03 Å². The molecule has 0 spiro atoms. The number of aromatic nitrogens is 2. The van der Waals surface area contributed by atoms with E-state index < -0.39 is 0 Å². The number of urea groups is 1. The second-order valence-electron chi connectivity index (χ2n) is 6.25. The quantitative estimate of drug-likeness (QED) is 0.837. The highest BCUT2D eigenvalue weighted by Crippen LogP contribution is 2.18. The van der Waals surface area contributed by atoms with E-state index in [1.165, 1.54) is 7.11 Å². The standard InChI is InChI=1S/C19H24N4O4/c1-25-15-7-5-14(6-8-15)12-20-19(24)23-11-3-4-16(13-23)27-18-10-9-17(26-2)21-22-18/h5-10,16H,3-4,11-13H2,1-2H3,(H,20,24). The van der Waals surface area contributed by atoms with Crippen molar-refractivity contribution in [1.29, 1.82) is 0 Å². The van der Waals surface area contributed by atoms with Crippen molar-refractivity contribution in [3.63, 3.8) is 0 Å². The average molecular weight is 372 g/mol. The number of nitrogens with one attached hydrogen (secondary N) is 1. The van der Waals surface area contributed by atoms with E-state index in [1.807, 2.05) is 24.3 Å². The molecule has 2 aromatic rings. The fourth-order valence-electron chi connectivity index (χ4n) is 2.90. The Labute approximate surface area is 158 Å². The number of carbonyl (C=O) groups is 1. The van der Waals surface area contributed by atoms with Crippen LogP contribution in [0.3, 0.4) is 0 Å². The Morgan fingerprint density at radius 1 is 1.11 bits per heavy atom. The predicted molar refractivity (Wildman–Crippen MR) is 99.0 cm³/mol. The van der Waals surface area contributed by atoms with Gasteiger partial charge in [0, 0.05) is 25.2 Å². The van der Waals surface area contributed by atoms with Crippen LogP contribution in [0, 0.1) is 0 Å². The van der Waals surface area contributed by atoms with Crippen LogP contribution in [0.15, 0.2) is 36.4 Å². The average Bonchev–Trinajstić information content (AvgIpc) is 2.73. The van der Waals surface area contributed by atoms with Crippen LogP contribution in [0.25, 0.3) is 0 Å². The maximum Gasteiger partial charge on any atom is 0.317 e. The summed E-state index contributed by atoms with van der Waals surface area (Å²) in [5.74, 6) is 1.66. The topological polar surface area (TPSA) is 85.8 Å². The molecule has 144 valence electrons. The summed E-state index contributed by atoms with van der Waals surface area (Å²) >= 11 is 0. The maximum absolute atomic E-state index is 12.5. The minimum atomic E-state index is -0.104. The number of piperidine rings is 1. The number of carbonyl (C=O) groups excluding carboxylic acids is 1. The van der Waals surface area contributed by atoms with Crippen LogP contribution >= 0.6 is 0 Å². The Morgan fingerprint density at radius 3 is 2.52 bits per heavy atom. The lowest BCUT2D eigenvalue weighted by atomic mass is 10.1. The molecule has 3 rings (SSSR count). The number of benzene rings is 1. The Balaban J connectivity index is 1.49. The lowest BCUT2D eigenvalue weighted by Gasteiger charge is -2.32. The summed E-state index contributed by atoms with van der Waals surface area (Å²) in [6.45, 7) is 1.69. The number of amides is 2. The maximum atomic E-state index is 12.5. The van der Waals surface area contributed by atoms with E-state index in [-0.39, 0.29) is 12.1 Å². The lowest BCUT2D eigenvalue weighted by molar-refractivity contribution is 0.0967. The van der Waals surface area contributed by atoms with Crippen molar-refractivity contribution in [2.75, 3.05) is 27.3 Å². The number of likely N-dealkylation sites (tertiary alicyclic amines) is 1. The number of hydrogen-bond acceptors (Lipinski definition) is 6. The SMILES string of the molecule is COc1ccc(CNC(=O)N2CCCC(Oc3ccc(OC)nn3)C2)cc1. The number of hydrogen-bond donors (Lipinski definition) is 1. The third-order valence-electron chi connectivity index (χ3n) is 4.38. The molecule has 1 aromatic carbocycles. The molecule has 2 amide bonds. The number of rotatable bonds is 6. The molecule has 0 radical (unpaired) electrons. The van der Waals surface area contributed by atoms with E-state index in [0.29, 0.717) is 31.4 Å². The second kappa shape index (κ2) is 9.07. The van der Waals surface area contributed by atoms with Gasteiger partial charge in [0.05, 0.1) is 20.8 Å². The van der Waals surface area contributed by atoms with Crippen LogP contribution in [0.1, 0.15) is 18.4 Å². The summed E-state index contributed by atoms with van der Waals surface area (Å²) in [5, 5.41) is 10.8. The van der Waals surface area contributed by atoms with Gasteiger partial charge in [-0.15, -0.1) is 10.2 Å². The Hall–Kier alpha value is -3.03. The summed E-state index contributed by atoms with van der Waals surface area (Å²) in [4.78, 5) is 14.2. The van der Waals surface area contributed by atoms with Crippen molar-refractivity contribution in [3.8, 4) is 17.5 Å². The molecule has 1 N–H and O–H groups in total. The van der Waals surface area contributed by atoms with E-state index in [9.17, 15) is 4.79 Å². The van der Waals surface area contributed by atoms with Crippen molar-refractivity contribution in [2.45, 2.75) is 25.5 Å². The van der Waals surface area contributed by atoms with Gasteiger partial charge in [-0.2, -0.15) is 0 Å². The summed E-state index contributed by atoms with van der Waals surface area (Å²) in [6.07, 6.45) is 1.65. The monoisotopic (exact) mass is 372 g/mol. The van der Waals surface area contributed by atoms with Crippen LogP contribution in [-0.4, -0.2) is 54.5 Å². The molecule has 27 heavy (non-hydrogen) atoms. The number of ether oxygens (including phenoxy) is 3. The van der Waals surface area contributed by atoms with E-state index in [1.54, 1.807) is 24.1 Å². The smallest absolute Gasteiger partial charge is 0.317 e. The summed E-state index contributed by atoms with van der Waals surface area (Å²) in [5.41, 5.74) is 1.02. The first-order chi connectivity index (χ1) is 13.2. The van der Waals surface area contributed by atoms with Gasteiger partial charge in [0.1, 0.15) is 11.9 Å². The minimum Gasteiger partial charge on any atom is -0.497 e. The van der Waals surface area contributed by atoms with Crippen LogP contribution in [-0.2, 0) is 6.54 Å². The third kappa shape index (κ3) is 5.22. The van der Waals surface area contributed by atoms with Gasteiger partial charge < -0.3 is 24.4 Å². The molecule has 1 unspecified atom stereocenters. The summed E-state index contributed by atoms with van der Waals surface area (Å²) in [6, 6.07) is 10.9. The second-order valence-corrected chi connectivity index (χ2v) is 6.25. The van der Waals surface area contributed by atoms with Gasteiger partial charge in [-0.3, -0.25) is 0 Å². The minimum absolute atomic E-state index is 0.0973. The lowest BCUT2D eigenvalue weighted by Crippen LogP contribution is -2.48. The highest BCUT2D eigenvalue weighted by Gasteiger charge is 2.25. The van der Waals surface area contributed by atoms with E-state index in [2.05, 4.69) is 15.5 Å². The normalized spacial score (nSPS) is 16.5. The third-order valence-corrected chi connectivity index (χ3v) is 4.38. The summed E-state index contributed by atoms with van der Waals surface area (Å²) in [7, 11) is 3.16. The van der Waals surface area contributed by atoms with Crippen molar-refractivity contribution in [3.05, 3.63) is 42.0 Å². The molecule has 1 saturated heterocycles. The highest BCUT2D eigenvalue weighted by molar-refractivity contribution is 5.74. The van der Waals surface area contributed by atoms with Crippen molar-refractivity contribution in [2.24, 2.45) is 0 Å². The highest BCUT2D eigenvalue weighted by atomic mass is 16.5. The molecule has 1 aromatic heterocycles. The Bertz CT molecular complexity index is 736. The van der Waals surface area contributed by atoms with E-state index in [0.717, 1.165) is 24.2 Å². The van der Waals surface area contributed by atoms with Crippen LogP contribution < -0.4 is 19.5 Å². The fourth-order valence-corrected chi connectivity index (χ4v) is 2.90. The molecular formula is C19H24N4O4. The molecule has 1 aliphatic rings. The molecule has 1 atom stereocenters. The van der Waals surface area contributed by atoms with Gasteiger partial charge in [0.25, 0.3) is 0 Å². The van der Waals surface area contributed by atoms with Gasteiger partial charge in [-0.1, -0.05) is 12.1 Å². The van der Waals surface area contributed by atoms with Gasteiger partial charge in [0.2, 0.25) is 11.8 Å². The van der Waals surface area contributed by atoms with Crippen LogP contribution in [0.2, 0.25) is 0 Å². The molecule has 0 saturated carbocycles. The van der Waals surface area contributed by atoms with Gasteiger partial charge >= 0.3 is 6.03 Å². The van der Waals surface area contributed by atoms with Gasteiger partial charge in [-0.05, 0) is 30.5 Å². The first-order valence-corrected chi connectivity index (χ1v) is 8.88. The van der Waals surface area contributed by atoms with Crippen LogP contribution in [0.4, 0.5) is 4.79 Å². The predicted octanol–water partition coefficient (Wildman–Crippen LogP) is 2.25. The largest absolute Gasteiger partial charge is 0.497 e. The summed E-state index contributed by atoms with van der Waals surface area (Å²) < 4.78 is 16.0.